The maximum Gasteiger partial charge on any atom is 0.422 e. The van der Waals surface area contributed by atoms with Crippen molar-refractivity contribution >= 4 is 21.7 Å². The van der Waals surface area contributed by atoms with Crippen molar-refractivity contribution in [2.24, 2.45) is 0 Å². The molecule has 0 heterocycles. The highest BCUT2D eigenvalue weighted by atomic mass is 32.2. The zero-order chi connectivity index (χ0) is 20.2. The minimum Gasteiger partial charge on any atom is -0.482 e. The molecule has 0 bridgehead atoms. The van der Waals surface area contributed by atoms with Gasteiger partial charge in [0, 0.05) is 6.07 Å². The average Bonchev–Trinajstić information content (AvgIpc) is 2.59. The molecule has 0 aliphatic carbocycles. The Kier molecular flexibility index (Phi) is 5.94. The van der Waals surface area contributed by atoms with E-state index in [-0.39, 0.29) is 10.5 Å². The van der Waals surface area contributed by atoms with Gasteiger partial charge in [0.25, 0.3) is 10.0 Å². The molecular weight excluding hydrogens is 394 g/mol. The van der Waals surface area contributed by atoms with Crippen molar-refractivity contribution in [1.29, 1.82) is 0 Å². The van der Waals surface area contributed by atoms with Gasteiger partial charge in [0.15, 0.2) is 6.61 Å². The quantitative estimate of drug-likeness (QED) is 0.587. The Morgan fingerprint density at radius 1 is 1.11 bits per heavy atom. The number of nitrogens with one attached hydrogen (secondary N) is 1. The van der Waals surface area contributed by atoms with Gasteiger partial charge in [0.1, 0.15) is 11.6 Å². The van der Waals surface area contributed by atoms with Crippen molar-refractivity contribution in [3.63, 3.8) is 0 Å². The third kappa shape index (κ3) is 5.58. The van der Waals surface area contributed by atoms with E-state index < -0.39 is 46.0 Å². The number of anilines is 1. The first-order valence-corrected chi connectivity index (χ1v) is 8.70. The Hall–Kier alpha value is -2.82. The summed E-state index contributed by atoms with van der Waals surface area (Å²) in [6.07, 6.45) is -4.66. The van der Waals surface area contributed by atoms with E-state index in [9.17, 15) is 30.8 Å². The number of halogens is 4. The molecule has 1 N–H and O–H groups in total. The monoisotopic (exact) mass is 407 g/mol. The van der Waals surface area contributed by atoms with Gasteiger partial charge in [-0.2, -0.15) is 13.2 Å². The van der Waals surface area contributed by atoms with Crippen LogP contribution in [0.15, 0.2) is 47.4 Å². The predicted octanol–water partition coefficient (Wildman–Crippen LogP) is 3.35. The van der Waals surface area contributed by atoms with E-state index in [4.69, 9.17) is 0 Å². The van der Waals surface area contributed by atoms with Gasteiger partial charge in [0.05, 0.1) is 23.3 Å². The van der Waals surface area contributed by atoms with Gasteiger partial charge in [0.2, 0.25) is 0 Å². The lowest BCUT2D eigenvalue weighted by atomic mass is 10.2. The number of rotatable bonds is 6. The second-order valence-electron chi connectivity index (χ2n) is 5.17. The lowest BCUT2D eigenvalue weighted by molar-refractivity contribution is -0.153. The van der Waals surface area contributed by atoms with Crippen molar-refractivity contribution in [2.75, 3.05) is 18.4 Å². The van der Waals surface area contributed by atoms with Crippen LogP contribution in [0.1, 0.15) is 10.4 Å². The van der Waals surface area contributed by atoms with E-state index >= 15 is 0 Å². The van der Waals surface area contributed by atoms with Crippen LogP contribution >= 0.6 is 0 Å². The summed E-state index contributed by atoms with van der Waals surface area (Å²) >= 11 is 0. The predicted molar refractivity (Wildman–Crippen MR) is 86.5 cm³/mol. The Morgan fingerprint density at radius 3 is 2.30 bits per heavy atom. The highest BCUT2D eigenvalue weighted by Crippen LogP contribution is 2.29. The molecule has 146 valence electrons. The van der Waals surface area contributed by atoms with Crippen molar-refractivity contribution in [2.45, 2.75) is 11.1 Å². The summed E-state index contributed by atoms with van der Waals surface area (Å²) in [4.78, 5) is 11.1. The van der Waals surface area contributed by atoms with Gasteiger partial charge in [-0.05, 0) is 36.4 Å². The number of sulfonamides is 1. The van der Waals surface area contributed by atoms with Crippen LogP contribution in [0.2, 0.25) is 0 Å². The number of benzene rings is 2. The number of carbonyl (C=O) groups is 1. The minimum absolute atomic E-state index is 0.0939. The summed E-state index contributed by atoms with van der Waals surface area (Å²) in [5.74, 6) is -2.06. The van der Waals surface area contributed by atoms with Crippen molar-refractivity contribution in [3.8, 4) is 5.75 Å². The zero-order valence-corrected chi connectivity index (χ0v) is 14.5. The lowest BCUT2D eigenvalue weighted by Gasteiger charge is -2.15. The second-order valence-corrected chi connectivity index (χ2v) is 6.85. The molecular formula is C16H13F4NO5S. The van der Waals surface area contributed by atoms with Crippen molar-refractivity contribution < 1.29 is 40.2 Å². The molecule has 0 saturated carbocycles. The number of ether oxygens (including phenoxy) is 2. The molecule has 6 nitrogen and oxygen atoms in total. The van der Waals surface area contributed by atoms with E-state index in [0.29, 0.717) is 6.07 Å². The van der Waals surface area contributed by atoms with Crippen LogP contribution in [-0.4, -0.2) is 34.3 Å². The van der Waals surface area contributed by atoms with E-state index in [1.54, 1.807) is 0 Å². The summed E-state index contributed by atoms with van der Waals surface area (Å²) in [7, 11) is -3.13. The maximum absolute atomic E-state index is 13.4. The summed E-state index contributed by atoms with van der Waals surface area (Å²) in [5, 5.41) is 0. The summed E-state index contributed by atoms with van der Waals surface area (Å²) in [6, 6.07) is 6.94. The van der Waals surface area contributed by atoms with Crippen LogP contribution in [0.4, 0.5) is 23.2 Å². The molecule has 0 atom stereocenters. The molecule has 0 saturated heterocycles. The SMILES string of the molecule is COC(=O)c1ccc(S(=O)(=O)Nc2cc(F)ccc2OCC(F)(F)F)cc1. The number of carbonyl (C=O) groups excluding carboxylic acids is 1. The number of alkyl halides is 3. The molecule has 27 heavy (non-hydrogen) atoms. The third-order valence-electron chi connectivity index (χ3n) is 3.16. The fourth-order valence-corrected chi connectivity index (χ4v) is 3.02. The van der Waals surface area contributed by atoms with Crippen LogP contribution in [0.25, 0.3) is 0 Å². The van der Waals surface area contributed by atoms with Gasteiger partial charge >= 0.3 is 12.1 Å². The molecule has 2 aromatic carbocycles. The second kappa shape index (κ2) is 7.82. The van der Waals surface area contributed by atoms with Crippen LogP contribution in [0, 0.1) is 5.82 Å². The summed E-state index contributed by atoms with van der Waals surface area (Å²) in [5.41, 5.74) is -0.410. The maximum atomic E-state index is 13.4. The summed E-state index contributed by atoms with van der Waals surface area (Å²) in [6.45, 7) is -1.68. The van der Waals surface area contributed by atoms with E-state index in [2.05, 4.69) is 9.47 Å². The highest BCUT2D eigenvalue weighted by Gasteiger charge is 2.29. The van der Waals surface area contributed by atoms with Crippen LogP contribution in [0.5, 0.6) is 5.75 Å². The summed E-state index contributed by atoms with van der Waals surface area (Å²) < 4.78 is 86.1. The average molecular weight is 407 g/mol. The molecule has 0 unspecified atom stereocenters. The van der Waals surface area contributed by atoms with Gasteiger partial charge in [-0.1, -0.05) is 0 Å². The number of methoxy groups -OCH3 is 1. The molecule has 0 aliphatic heterocycles. The van der Waals surface area contributed by atoms with Gasteiger partial charge < -0.3 is 9.47 Å². The fraction of sp³-hybridized carbons (Fsp3) is 0.188. The van der Waals surface area contributed by atoms with Crippen molar-refractivity contribution in [1.82, 2.24) is 0 Å². The normalized spacial score (nSPS) is 11.7. The molecule has 0 radical (unpaired) electrons. The standard InChI is InChI=1S/C16H13F4NO5S/c1-25-15(22)10-2-5-12(6-3-10)27(23,24)21-13-8-11(17)4-7-14(13)26-9-16(18,19)20/h2-8,21H,9H2,1H3. The van der Waals surface area contributed by atoms with Crippen molar-refractivity contribution in [3.05, 3.63) is 53.8 Å². The molecule has 0 aromatic heterocycles. The van der Waals surface area contributed by atoms with E-state index in [1.807, 2.05) is 4.72 Å². The zero-order valence-electron chi connectivity index (χ0n) is 13.7. The molecule has 11 heteroatoms. The Bertz CT molecular complexity index is 927. The Labute approximate surface area is 151 Å². The molecule has 2 rings (SSSR count). The molecule has 0 spiro atoms. The van der Waals surface area contributed by atoms with E-state index in [0.717, 1.165) is 31.4 Å². The first-order valence-electron chi connectivity index (χ1n) is 7.22. The number of esters is 1. The fourth-order valence-electron chi connectivity index (χ4n) is 1.96. The van der Waals surface area contributed by atoms with Crippen LogP contribution < -0.4 is 9.46 Å². The first-order chi connectivity index (χ1) is 12.5. The van der Waals surface area contributed by atoms with Gasteiger partial charge in [-0.15, -0.1) is 0 Å². The Morgan fingerprint density at radius 2 is 1.74 bits per heavy atom. The first kappa shape index (κ1) is 20.5. The number of hydrogen-bond acceptors (Lipinski definition) is 5. The number of hydrogen-bond donors (Lipinski definition) is 1. The molecule has 0 fully saturated rings. The smallest absolute Gasteiger partial charge is 0.422 e. The van der Waals surface area contributed by atoms with Gasteiger partial charge in [-0.25, -0.2) is 17.6 Å². The third-order valence-corrected chi connectivity index (χ3v) is 4.54. The molecule has 2 aromatic rings. The Balaban J connectivity index is 2.29. The largest absolute Gasteiger partial charge is 0.482 e. The van der Waals surface area contributed by atoms with Crippen LogP contribution in [0.3, 0.4) is 0 Å². The van der Waals surface area contributed by atoms with Crippen LogP contribution in [-0.2, 0) is 14.8 Å². The topological polar surface area (TPSA) is 81.7 Å². The van der Waals surface area contributed by atoms with Gasteiger partial charge in [-0.3, -0.25) is 4.72 Å². The lowest BCUT2D eigenvalue weighted by Crippen LogP contribution is -2.20. The van der Waals surface area contributed by atoms with E-state index in [1.165, 1.54) is 12.1 Å². The molecule has 0 aliphatic rings. The highest BCUT2D eigenvalue weighted by molar-refractivity contribution is 7.92. The molecule has 0 amide bonds. The minimum atomic E-state index is -4.66.